The van der Waals surface area contributed by atoms with Crippen molar-refractivity contribution in [1.29, 1.82) is 0 Å². The summed E-state index contributed by atoms with van der Waals surface area (Å²) in [6.07, 6.45) is 14.4. The highest BCUT2D eigenvalue weighted by molar-refractivity contribution is 5.44. The second-order valence-electron chi connectivity index (χ2n) is 25.8. The van der Waals surface area contributed by atoms with E-state index in [0.717, 1.165) is 61.5 Å². The van der Waals surface area contributed by atoms with Crippen molar-refractivity contribution in [1.82, 2.24) is 9.80 Å². The number of hydrogen-bond acceptors (Lipinski definition) is 3. The molecule has 6 aromatic carbocycles. The largest absolute Gasteiger partial charge is 0.493 e. The monoisotopic (exact) mass is 1050 g/mol. The Bertz CT molecular complexity index is 2770. The zero-order chi connectivity index (χ0) is 55.9. The number of benzene rings is 6. The predicted octanol–water partition coefficient (Wildman–Crippen LogP) is 19.2. The van der Waals surface area contributed by atoms with Gasteiger partial charge in [-0.2, -0.15) is 0 Å². The molecule has 0 N–H and O–H groups in total. The molecule has 0 radical (unpaired) electrons. The second kappa shape index (κ2) is 29.5. The zero-order valence-corrected chi connectivity index (χ0v) is 51.4. The molecular formula is C75H104N2O. The Morgan fingerprint density at radius 2 is 0.821 bits per heavy atom. The normalized spacial score (nSPS) is 18.9. The fraction of sp³-hybridized carbons (Fsp3) is 0.520. The summed E-state index contributed by atoms with van der Waals surface area (Å²) >= 11 is 0. The molecule has 0 aromatic heterocycles. The molecule has 12 rings (SSSR count). The summed E-state index contributed by atoms with van der Waals surface area (Å²) in [5.41, 5.74) is 21.9. The molecule has 0 saturated heterocycles. The van der Waals surface area contributed by atoms with Crippen LogP contribution in [-0.2, 0) is 51.6 Å². The molecule has 0 amide bonds. The number of ether oxygens (including phenoxy) is 1. The molecule has 3 aliphatic heterocycles. The third-order valence-corrected chi connectivity index (χ3v) is 18.0. The SMILES string of the molecule is CC(C)C1CCCc2ccccc21.CC(C)C1CCc2ccccc21.CC(C)C1CN(C)Cc2ccccc21.CC(C)c1cccc2c1CCCC2.CC(C)c1cccc2c1CCN(C)C2.CC(C)c1cccc2c1CCO2. The minimum Gasteiger partial charge on any atom is -0.493 e. The van der Waals surface area contributed by atoms with E-state index in [1.165, 1.54) is 99.6 Å². The van der Waals surface area contributed by atoms with Gasteiger partial charge in [0.1, 0.15) is 5.75 Å². The first kappa shape index (κ1) is 60.7. The van der Waals surface area contributed by atoms with Crippen LogP contribution < -0.4 is 4.74 Å². The standard InChI is InChI=1S/2C13H19N.2C13H18.C12H16.C11H14O/c1-10(2)12-6-4-5-11-9-14(3)8-7-13(11)12;1-10(2)13-9-14(3)8-11-6-4-5-7-12(11)13;2*1-10(2)12-9-5-7-11-6-3-4-8-13(11)12;1-9(2)11-8-7-10-5-3-4-6-12(10)11;1-8(2)9-4-3-5-11-10(9)6-7-12-11/h4-6,10H,7-9H2,1-3H3;4-7,10,13H,8-9H2,1-3H3;5,7,9-10H,3-4,6,8H2,1-2H3;3-4,6,8,10,12H,5,7,9H2,1-2H3;3-6,9,11H,7-8H2,1-2H3;3-5,8H,6-7H2,1-2H3. The van der Waals surface area contributed by atoms with Crippen LogP contribution in [0.4, 0.5) is 0 Å². The third kappa shape index (κ3) is 16.1. The van der Waals surface area contributed by atoms with Crippen molar-refractivity contribution in [3.63, 3.8) is 0 Å². The summed E-state index contributed by atoms with van der Waals surface area (Å²) in [5.74, 6) is 7.73. The number of aryl methyl sites for hydroxylation is 3. The molecule has 0 spiro atoms. The van der Waals surface area contributed by atoms with Gasteiger partial charge in [-0.1, -0.05) is 204 Å². The highest BCUT2D eigenvalue weighted by Gasteiger charge is 2.27. The Labute approximate surface area is 477 Å². The minimum atomic E-state index is 0.613. The molecule has 0 saturated carbocycles. The van der Waals surface area contributed by atoms with E-state index in [1.807, 2.05) is 0 Å². The molecule has 0 fully saturated rings. The first-order valence-corrected chi connectivity index (χ1v) is 31.1. The van der Waals surface area contributed by atoms with E-state index in [0.29, 0.717) is 23.7 Å². The molecule has 78 heavy (non-hydrogen) atoms. The van der Waals surface area contributed by atoms with E-state index in [9.17, 15) is 0 Å². The van der Waals surface area contributed by atoms with Gasteiger partial charge in [-0.3, -0.25) is 0 Å². The summed E-state index contributed by atoms with van der Waals surface area (Å²) in [7, 11) is 4.41. The summed E-state index contributed by atoms with van der Waals surface area (Å²) in [6.45, 7) is 33.1. The van der Waals surface area contributed by atoms with Crippen molar-refractivity contribution >= 4 is 0 Å². The van der Waals surface area contributed by atoms with E-state index in [2.05, 4.69) is 234 Å². The maximum atomic E-state index is 5.49. The lowest BCUT2D eigenvalue weighted by atomic mass is 9.77. The first-order chi connectivity index (χ1) is 37.5. The molecule has 3 aliphatic carbocycles. The van der Waals surface area contributed by atoms with Gasteiger partial charge in [0.25, 0.3) is 0 Å². The second-order valence-corrected chi connectivity index (χ2v) is 25.8. The Balaban J connectivity index is 0.000000136. The molecule has 3 nitrogen and oxygen atoms in total. The van der Waals surface area contributed by atoms with E-state index >= 15 is 0 Å². The van der Waals surface area contributed by atoms with Gasteiger partial charge in [0.15, 0.2) is 0 Å². The third-order valence-electron chi connectivity index (χ3n) is 18.0. The molecule has 0 bridgehead atoms. The maximum Gasteiger partial charge on any atom is 0.122 e. The number of nitrogens with zero attached hydrogens (tertiary/aromatic N) is 2. The number of fused-ring (bicyclic) bond motifs is 6. The lowest BCUT2D eigenvalue weighted by Crippen LogP contribution is -2.32. The van der Waals surface area contributed by atoms with Crippen LogP contribution in [0.15, 0.2) is 127 Å². The van der Waals surface area contributed by atoms with Gasteiger partial charge in [0.2, 0.25) is 0 Å². The average Bonchev–Trinajstić information content (AvgIpc) is 4.12. The highest BCUT2D eigenvalue weighted by Crippen LogP contribution is 2.39. The maximum absolute atomic E-state index is 5.49. The Morgan fingerprint density at radius 3 is 1.41 bits per heavy atom. The van der Waals surface area contributed by atoms with Gasteiger partial charge in [-0.05, 0) is 210 Å². The lowest BCUT2D eigenvalue weighted by molar-refractivity contribution is 0.253. The topological polar surface area (TPSA) is 15.7 Å². The van der Waals surface area contributed by atoms with Crippen LogP contribution in [-0.4, -0.2) is 43.6 Å². The van der Waals surface area contributed by atoms with Crippen LogP contribution in [0.1, 0.15) is 229 Å². The van der Waals surface area contributed by atoms with Crippen molar-refractivity contribution in [2.75, 3.05) is 33.8 Å². The Morgan fingerprint density at radius 1 is 0.372 bits per heavy atom. The van der Waals surface area contributed by atoms with Gasteiger partial charge in [0.05, 0.1) is 6.61 Å². The molecular weight excluding hydrogens is 945 g/mol. The Hall–Kier alpha value is -4.96. The quantitative estimate of drug-likeness (QED) is 0.165. The molecule has 3 heteroatoms. The van der Waals surface area contributed by atoms with Crippen LogP contribution in [0.3, 0.4) is 0 Å². The lowest BCUT2D eigenvalue weighted by Gasteiger charge is -2.34. The van der Waals surface area contributed by atoms with Crippen LogP contribution in [0.25, 0.3) is 0 Å². The summed E-state index contributed by atoms with van der Waals surface area (Å²) in [6, 6.07) is 46.7. The first-order valence-electron chi connectivity index (χ1n) is 31.1. The van der Waals surface area contributed by atoms with Crippen molar-refractivity contribution in [2.24, 2.45) is 17.8 Å². The van der Waals surface area contributed by atoms with E-state index in [4.69, 9.17) is 4.74 Å². The van der Waals surface area contributed by atoms with E-state index in [1.54, 1.807) is 55.6 Å². The van der Waals surface area contributed by atoms with Crippen LogP contribution in [0.5, 0.6) is 5.75 Å². The van der Waals surface area contributed by atoms with E-state index < -0.39 is 0 Å². The fourth-order valence-corrected chi connectivity index (χ4v) is 13.6. The number of rotatable bonds is 6. The van der Waals surface area contributed by atoms with Crippen molar-refractivity contribution in [3.05, 3.63) is 205 Å². The van der Waals surface area contributed by atoms with Crippen molar-refractivity contribution in [2.45, 2.75) is 202 Å². The molecule has 6 aliphatic rings. The van der Waals surface area contributed by atoms with Gasteiger partial charge in [0, 0.05) is 38.2 Å². The molecule has 3 unspecified atom stereocenters. The average molecular weight is 1050 g/mol. The number of likely N-dealkylation sites (N-methyl/N-ethyl adjacent to an activating group) is 2. The fourth-order valence-electron chi connectivity index (χ4n) is 13.6. The minimum absolute atomic E-state index is 0.613. The van der Waals surface area contributed by atoms with Crippen LogP contribution >= 0.6 is 0 Å². The van der Waals surface area contributed by atoms with Gasteiger partial charge in [-0.25, -0.2) is 0 Å². The van der Waals surface area contributed by atoms with Gasteiger partial charge in [-0.15, -0.1) is 0 Å². The van der Waals surface area contributed by atoms with Crippen molar-refractivity contribution in [3.8, 4) is 5.75 Å². The molecule has 3 heterocycles. The number of hydrogen-bond donors (Lipinski definition) is 0. The zero-order valence-electron chi connectivity index (χ0n) is 51.4. The Kier molecular flexibility index (Phi) is 22.9. The van der Waals surface area contributed by atoms with Gasteiger partial charge < -0.3 is 14.5 Å². The van der Waals surface area contributed by atoms with Crippen LogP contribution in [0, 0.1) is 17.8 Å². The summed E-state index contributed by atoms with van der Waals surface area (Å²) in [4.78, 5) is 4.82. The van der Waals surface area contributed by atoms with Crippen molar-refractivity contribution < 1.29 is 4.74 Å². The predicted molar refractivity (Wildman–Crippen MR) is 337 cm³/mol. The van der Waals surface area contributed by atoms with Gasteiger partial charge >= 0.3 is 0 Å². The summed E-state index contributed by atoms with van der Waals surface area (Å²) < 4.78 is 5.49. The van der Waals surface area contributed by atoms with Crippen LogP contribution in [0.2, 0.25) is 0 Å². The smallest absolute Gasteiger partial charge is 0.122 e. The molecule has 420 valence electrons. The highest BCUT2D eigenvalue weighted by atomic mass is 16.5. The summed E-state index contributed by atoms with van der Waals surface area (Å²) in [5, 5.41) is 0. The van der Waals surface area contributed by atoms with E-state index in [-0.39, 0.29) is 0 Å². The molecule has 3 atom stereocenters. The molecule has 6 aromatic rings.